The number of amides is 1. The normalized spacial score (nSPS) is 20.4. The molecule has 0 aromatic heterocycles. The molecule has 1 aliphatic carbocycles. The Labute approximate surface area is 147 Å². The topological polar surface area (TPSA) is 110 Å². The molecule has 9 heteroatoms. The number of nitrogens with zero attached hydrogens (tertiary/aromatic N) is 1. The maximum absolute atomic E-state index is 12.0. The van der Waals surface area contributed by atoms with Gasteiger partial charge < -0.3 is 10.4 Å². The summed E-state index contributed by atoms with van der Waals surface area (Å²) < 4.78 is 0. The molecule has 1 aromatic rings. The number of nitrogens with one attached hydrogen (secondary N) is 1. The van der Waals surface area contributed by atoms with Crippen LogP contribution in [0.1, 0.15) is 25.7 Å². The Hall–Kier alpha value is -1.80. The zero-order chi connectivity index (χ0) is 17.7. The van der Waals surface area contributed by atoms with Gasteiger partial charge in [0.15, 0.2) is 0 Å². The first-order chi connectivity index (χ1) is 11.4. The van der Waals surface area contributed by atoms with Crippen molar-refractivity contribution in [3.8, 4) is 0 Å². The van der Waals surface area contributed by atoms with Crippen LogP contribution >= 0.6 is 23.4 Å². The van der Waals surface area contributed by atoms with Gasteiger partial charge >= 0.3 is 5.97 Å². The summed E-state index contributed by atoms with van der Waals surface area (Å²) in [5, 5.41) is 23.1. The van der Waals surface area contributed by atoms with Crippen LogP contribution in [0.15, 0.2) is 23.1 Å². The zero-order valence-electron chi connectivity index (χ0n) is 12.7. The lowest BCUT2D eigenvalue weighted by Gasteiger charge is -2.26. The number of thioether (sulfide) groups is 1. The molecule has 0 spiro atoms. The Bertz CT molecular complexity index is 647. The summed E-state index contributed by atoms with van der Waals surface area (Å²) in [6, 6.07) is 4.29. The summed E-state index contributed by atoms with van der Waals surface area (Å²) >= 11 is 6.83. The molecule has 130 valence electrons. The van der Waals surface area contributed by atoms with Gasteiger partial charge in [-0.2, -0.15) is 0 Å². The number of rotatable bonds is 6. The zero-order valence-corrected chi connectivity index (χ0v) is 14.3. The lowest BCUT2D eigenvalue weighted by molar-refractivity contribution is -0.387. The lowest BCUT2D eigenvalue weighted by atomic mass is 9.86. The first-order valence-electron chi connectivity index (χ1n) is 7.45. The van der Waals surface area contributed by atoms with Crippen molar-refractivity contribution in [2.75, 3.05) is 5.75 Å². The van der Waals surface area contributed by atoms with Gasteiger partial charge in [0.2, 0.25) is 5.91 Å². The monoisotopic (exact) mass is 372 g/mol. The number of carboxylic acid groups (broad SMARTS) is 1. The Morgan fingerprint density at radius 2 is 2.00 bits per heavy atom. The summed E-state index contributed by atoms with van der Waals surface area (Å²) in [5.74, 6) is -1.28. The number of nitro groups is 1. The van der Waals surface area contributed by atoms with Crippen LogP contribution in [0.2, 0.25) is 5.02 Å². The highest BCUT2D eigenvalue weighted by molar-refractivity contribution is 8.00. The molecule has 7 nitrogen and oxygen atoms in total. The van der Waals surface area contributed by atoms with Crippen LogP contribution in [0.25, 0.3) is 0 Å². The van der Waals surface area contributed by atoms with E-state index >= 15 is 0 Å². The maximum atomic E-state index is 12.0. The maximum Gasteiger partial charge on any atom is 0.306 e. The highest BCUT2D eigenvalue weighted by Crippen LogP contribution is 2.31. The largest absolute Gasteiger partial charge is 0.481 e. The number of halogens is 1. The molecule has 0 atom stereocenters. The minimum Gasteiger partial charge on any atom is -0.481 e. The second kappa shape index (κ2) is 8.34. The third-order valence-corrected chi connectivity index (χ3v) is 5.22. The molecule has 2 N–H and O–H groups in total. The number of carboxylic acids is 1. The van der Waals surface area contributed by atoms with E-state index in [0.717, 1.165) is 11.8 Å². The number of nitro benzene ring substituents is 1. The average Bonchev–Trinajstić information content (AvgIpc) is 2.54. The molecule has 0 unspecified atom stereocenters. The molecule has 1 saturated carbocycles. The first-order valence-corrected chi connectivity index (χ1v) is 8.82. The molecule has 0 saturated heterocycles. The summed E-state index contributed by atoms with van der Waals surface area (Å²) in [6.45, 7) is 0. The minimum atomic E-state index is -0.787. The number of carbonyl (C=O) groups excluding carboxylic acids is 1. The number of hydrogen-bond donors (Lipinski definition) is 2. The van der Waals surface area contributed by atoms with Crippen molar-refractivity contribution >= 4 is 40.9 Å². The van der Waals surface area contributed by atoms with Gasteiger partial charge in [-0.3, -0.25) is 19.7 Å². The third kappa shape index (κ3) is 5.10. The predicted octanol–water partition coefficient (Wildman–Crippen LogP) is 3.10. The third-order valence-electron chi connectivity index (χ3n) is 3.92. The van der Waals surface area contributed by atoms with Gasteiger partial charge in [0.05, 0.1) is 21.5 Å². The van der Waals surface area contributed by atoms with Gasteiger partial charge in [0.1, 0.15) is 0 Å². The molecule has 2 rings (SSSR count). The van der Waals surface area contributed by atoms with Crippen molar-refractivity contribution < 1.29 is 19.6 Å². The Kier molecular flexibility index (Phi) is 6.44. The van der Waals surface area contributed by atoms with Gasteiger partial charge in [-0.15, -0.1) is 11.8 Å². The number of carbonyl (C=O) groups is 2. The van der Waals surface area contributed by atoms with Crippen LogP contribution in [-0.2, 0) is 9.59 Å². The summed E-state index contributed by atoms with van der Waals surface area (Å²) in [6.07, 6.45) is 2.37. The highest BCUT2D eigenvalue weighted by atomic mass is 35.5. The number of benzene rings is 1. The van der Waals surface area contributed by atoms with Gasteiger partial charge in [0, 0.05) is 17.1 Å². The molecule has 0 radical (unpaired) electrons. The molecule has 1 amide bonds. The van der Waals surface area contributed by atoms with Gasteiger partial charge in [-0.1, -0.05) is 11.6 Å². The molecular weight excluding hydrogens is 356 g/mol. The lowest BCUT2D eigenvalue weighted by Crippen LogP contribution is -2.39. The van der Waals surface area contributed by atoms with Crippen LogP contribution in [0.4, 0.5) is 5.69 Å². The fourth-order valence-electron chi connectivity index (χ4n) is 2.65. The summed E-state index contributed by atoms with van der Waals surface area (Å²) in [7, 11) is 0. The highest BCUT2D eigenvalue weighted by Gasteiger charge is 2.26. The van der Waals surface area contributed by atoms with Crippen molar-refractivity contribution in [1.82, 2.24) is 5.32 Å². The van der Waals surface area contributed by atoms with E-state index in [2.05, 4.69) is 5.32 Å². The number of aliphatic carboxylic acids is 1. The Balaban J connectivity index is 1.84. The van der Waals surface area contributed by atoms with E-state index in [9.17, 15) is 19.7 Å². The summed E-state index contributed by atoms with van der Waals surface area (Å²) in [5.41, 5.74) is -0.123. The molecule has 0 aliphatic heterocycles. The molecular formula is C15H17ClN2O5S. The quantitative estimate of drug-likeness (QED) is 0.451. The molecule has 0 heterocycles. The summed E-state index contributed by atoms with van der Waals surface area (Å²) in [4.78, 5) is 33.8. The average molecular weight is 373 g/mol. The van der Waals surface area contributed by atoms with Crippen molar-refractivity contribution in [3.63, 3.8) is 0 Å². The second-order valence-corrected chi connectivity index (χ2v) is 7.07. The van der Waals surface area contributed by atoms with E-state index < -0.39 is 10.9 Å². The molecule has 24 heavy (non-hydrogen) atoms. The first kappa shape index (κ1) is 18.5. The smallest absolute Gasteiger partial charge is 0.306 e. The minimum absolute atomic E-state index is 0.0334. The Morgan fingerprint density at radius 1 is 1.33 bits per heavy atom. The van der Waals surface area contributed by atoms with Crippen molar-refractivity contribution in [2.24, 2.45) is 5.92 Å². The van der Waals surface area contributed by atoms with Crippen LogP contribution in [0.3, 0.4) is 0 Å². The second-order valence-electron chi connectivity index (χ2n) is 5.61. The SMILES string of the molecule is O=C(CSc1ccc(Cl)cc1[N+](=O)[O-])NC1CCC(C(=O)O)CC1. The van der Waals surface area contributed by atoms with E-state index in [-0.39, 0.29) is 34.3 Å². The fourth-order valence-corrected chi connectivity index (χ4v) is 3.63. The van der Waals surface area contributed by atoms with E-state index in [1.807, 2.05) is 0 Å². The predicted molar refractivity (Wildman–Crippen MR) is 90.4 cm³/mol. The molecule has 1 fully saturated rings. The number of hydrogen-bond acceptors (Lipinski definition) is 5. The van der Waals surface area contributed by atoms with Gasteiger partial charge in [-0.25, -0.2) is 0 Å². The van der Waals surface area contributed by atoms with E-state index in [4.69, 9.17) is 16.7 Å². The van der Waals surface area contributed by atoms with Gasteiger partial charge in [0.25, 0.3) is 5.69 Å². The fraction of sp³-hybridized carbons (Fsp3) is 0.467. The van der Waals surface area contributed by atoms with Crippen molar-refractivity contribution in [1.29, 1.82) is 0 Å². The molecule has 1 aliphatic rings. The van der Waals surface area contributed by atoms with Crippen molar-refractivity contribution in [3.05, 3.63) is 33.3 Å². The van der Waals surface area contributed by atoms with Crippen LogP contribution in [-0.4, -0.2) is 33.7 Å². The van der Waals surface area contributed by atoms with Crippen LogP contribution < -0.4 is 5.32 Å². The molecule has 0 bridgehead atoms. The van der Waals surface area contributed by atoms with E-state index in [0.29, 0.717) is 30.6 Å². The van der Waals surface area contributed by atoms with Gasteiger partial charge in [-0.05, 0) is 37.8 Å². The Morgan fingerprint density at radius 3 is 2.58 bits per heavy atom. The molecule has 1 aromatic carbocycles. The van der Waals surface area contributed by atoms with E-state index in [1.165, 1.54) is 12.1 Å². The van der Waals surface area contributed by atoms with Crippen LogP contribution in [0, 0.1) is 16.0 Å². The standard InChI is InChI=1S/C15H17ClN2O5S/c16-10-3-6-13(12(7-10)18(22)23)24-8-14(19)17-11-4-1-9(2-5-11)15(20)21/h3,6-7,9,11H,1-2,4-5,8H2,(H,17,19)(H,20,21). The van der Waals surface area contributed by atoms with E-state index in [1.54, 1.807) is 6.07 Å². The van der Waals surface area contributed by atoms with Crippen LogP contribution in [0.5, 0.6) is 0 Å². The van der Waals surface area contributed by atoms with Crippen molar-refractivity contribution in [2.45, 2.75) is 36.6 Å².